The van der Waals surface area contributed by atoms with E-state index in [1.165, 1.54) is 11.3 Å². The Labute approximate surface area is 140 Å². The van der Waals surface area contributed by atoms with Crippen LogP contribution in [0.1, 0.15) is 36.2 Å². The normalized spacial score (nSPS) is 21.7. The highest BCUT2D eigenvalue weighted by molar-refractivity contribution is 7.13. The third kappa shape index (κ3) is 3.77. The van der Waals surface area contributed by atoms with Gasteiger partial charge in [0.25, 0.3) is 5.91 Å². The highest BCUT2D eigenvalue weighted by atomic mass is 32.1. The van der Waals surface area contributed by atoms with E-state index in [1.807, 2.05) is 0 Å². The van der Waals surface area contributed by atoms with Crippen molar-refractivity contribution in [2.24, 2.45) is 13.0 Å². The molecule has 1 N–H and O–H groups in total. The standard InChI is InChI=1S/C15H17F3N4OS/c1-22-7-9(6-19-22)14-21-12(8-24-14)13(23)20-11-4-2-10(3-5-11)15(16,17)18/h6-8,10-11H,2-5H2,1H3,(H,20,23). The highest BCUT2D eigenvalue weighted by Crippen LogP contribution is 2.37. The number of aromatic nitrogens is 3. The summed E-state index contributed by atoms with van der Waals surface area (Å²) in [5.74, 6) is -1.58. The van der Waals surface area contributed by atoms with E-state index in [9.17, 15) is 18.0 Å². The summed E-state index contributed by atoms with van der Waals surface area (Å²) < 4.78 is 39.6. The van der Waals surface area contributed by atoms with Crippen molar-refractivity contribution in [3.05, 3.63) is 23.5 Å². The third-order valence-electron chi connectivity index (χ3n) is 4.21. The maximum Gasteiger partial charge on any atom is 0.391 e. The zero-order chi connectivity index (χ0) is 17.3. The molecule has 1 saturated carbocycles. The van der Waals surface area contributed by atoms with Crippen LogP contribution in [0.15, 0.2) is 17.8 Å². The van der Waals surface area contributed by atoms with E-state index in [2.05, 4.69) is 15.4 Å². The van der Waals surface area contributed by atoms with Gasteiger partial charge in [0.2, 0.25) is 0 Å². The fourth-order valence-corrected chi connectivity index (χ4v) is 3.64. The number of amides is 1. The molecule has 0 aliphatic heterocycles. The second-order valence-corrected chi connectivity index (χ2v) is 6.86. The van der Waals surface area contributed by atoms with Crippen molar-refractivity contribution in [1.82, 2.24) is 20.1 Å². The Bertz CT molecular complexity index is 716. The summed E-state index contributed by atoms with van der Waals surface area (Å²) in [4.78, 5) is 16.5. The van der Waals surface area contributed by atoms with Crippen molar-refractivity contribution in [1.29, 1.82) is 0 Å². The predicted octanol–water partition coefficient (Wildman–Crippen LogP) is 3.39. The molecule has 0 bridgehead atoms. The fraction of sp³-hybridized carbons (Fsp3) is 0.533. The molecule has 9 heteroatoms. The molecule has 24 heavy (non-hydrogen) atoms. The second-order valence-electron chi connectivity index (χ2n) is 6.00. The molecular weight excluding hydrogens is 341 g/mol. The average molecular weight is 358 g/mol. The Morgan fingerprint density at radius 3 is 2.62 bits per heavy atom. The number of thiazole rings is 1. The number of carbonyl (C=O) groups is 1. The molecule has 1 aliphatic carbocycles. The van der Waals surface area contributed by atoms with E-state index in [0.717, 1.165) is 5.56 Å². The van der Waals surface area contributed by atoms with Crippen LogP contribution in [0.25, 0.3) is 10.6 Å². The molecule has 0 atom stereocenters. The molecule has 130 valence electrons. The first-order chi connectivity index (χ1) is 11.3. The van der Waals surface area contributed by atoms with Crippen LogP contribution in [0.3, 0.4) is 0 Å². The lowest BCUT2D eigenvalue weighted by Crippen LogP contribution is -2.40. The lowest BCUT2D eigenvalue weighted by molar-refractivity contribution is -0.182. The van der Waals surface area contributed by atoms with Crippen LogP contribution in [0.5, 0.6) is 0 Å². The molecule has 1 aliphatic rings. The number of carbonyl (C=O) groups excluding carboxylic acids is 1. The number of alkyl halides is 3. The SMILES string of the molecule is Cn1cc(-c2nc(C(=O)NC3CCC(C(F)(F)F)CC3)cs2)cn1. The number of hydrogen-bond donors (Lipinski definition) is 1. The number of nitrogens with zero attached hydrogens (tertiary/aromatic N) is 3. The minimum Gasteiger partial charge on any atom is -0.348 e. The Balaban J connectivity index is 1.57. The van der Waals surface area contributed by atoms with Gasteiger partial charge in [-0.2, -0.15) is 18.3 Å². The largest absolute Gasteiger partial charge is 0.391 e. The lowest BCUT2D eigenvalue weighted by Gasteiger charge is -2.30. The van der Waals surface area contributed by atoms with Gasteiger partial charge in [-0.15, -0.1) is 11.3 Å². The van der Waals surface area contributed by atoms with Crippen LogP contribution in [-0.4, -0.2) is 32.9 Å². The van der Waals surface area contributed by atoms with Gasteiger partial charge in [0, 0.05) is 30.2 Å². The lowest BCUT2D eigenvalue weighted by atomic mass is 9.85. The van der Waals surface area contributed by atoms with Crippen molar-refractivity contribution in [2.75, 3.05) is 0 Å². The second kappa shape index (κ2) is 6.54. The summed E-state index contributed by atoms with van der Waals surface area (Å²) in [6.45, 7) is 0. The monoisotopic (exact) mass is 358 g/mol. The van der Waals surface area contributed by atoms with Crippen LogP contribution in [-0.2, 0) is 7.05 Å². The Morgan fingerprint density at radius 2 is 2.04 bits per heavy atom. The number of halogens is 3. The molecule has 0 radical (unpaired) electrons. The van der Waals surface area contributed by atoms with E-state index in [4.69, 9.17) is 0 Å². The summed E-state index contributed by atoms with van der Waals surface area (Å²) in [7, 11) is 1.79. The topological polar surface area (TPSA) is 59.8 Å². The maximum absolute atomic E-state index is 12.7. The summed E-state index contributed by atoms with van der Waals surface area (Å²) in [6.07, 6.45) is 0.143. The van der Waals surface area contributed by atoms with Gasteiger partial charge in [0.15, 0.2) is 0 Å². The van der Waals surface area contributed by atoms with Crippen molar-refractivity contribution in [3.8, 4) is 10.6 Å². The van der Waals surface area contributed by atoms with Gasteiger partial charge in [-0.25, -0.2) is 4.98 Å². The molecular formula is C15H17F3N4OS. The van der Waals surface area contributed by atoms with E-state index in [1.54, 1.807) is 29.5 Å². The van der Waals surface area contributed by atoms with Crippen molar-refractivity contribution in [3.63, 3.8) is 0 Å². The summed E-state index contributed by atoms with van der Waals surface area (Å²) in [6, 6.07) is -0.223. The van der Waals surface area contributed by atoms with E-state index >= 15 is 0 Å². The summed E-state index contributed by atoms with van der Waals surface area (Å²) in [5, 5.41) is 9.19. The molecule has 3 rings (SSSR count). The van der Waals surface area contributed by atoms with Crippen molar-refractivity contribution >= 4 is 17.2 Å². The fourth-order valence-electron chi connectivity index (χ4n) is 2.87. The van der Waals surface area contributed by atoms with Gasteiger partial charge < -0.3 is 5.32 Å². The van der Waals surface area contributed by atoms with E-state index < -0.39 is 12.1 Å². The highest BCUT2D eigenvalue weighted by Gasteiger charge is 2.41. The van der Waals surface area contributed by atoms with Crippen molar-refractivity contribution in [2.45, 2.75) is 37.9 Å². The Kier molecular flexibility index (Phi) is 4.62. The molecule has 2 aromatic heterocycles. The van der Waals surface area contributed by atoms with Gasteiger partial charge in [-0.1, -0.05) is 0 Å². The summed E-state index contributed by atoms with van der Waals surface area (Å²) >= 11 is 1.34. The van der Waals surface area contributed by atoms with Gasteiger partial charge in [-0.05, 0) is 25.7 Å². The third-order valence-corrected chi connectivity index (χ3v) is 5.11. The number of rotatable bonds is 3. The quantitative estimate of drug-likeness (QED) is 0.915. The number of hydrogen-bond acceptors (Lipinski definition) is 4. The van der Waals surface area contributed by atoms with Gasteiger partial charge in [0.1, 0.15) is 10.7 Å². The smallest absolute Gasteiger partial charge is 0.348 e. The van der Waals surface area contributed by atoms with E-state index in [0.29, 0.717) is 17.8 Å². The van der Waals surface area contributed by atoms with E-state index in [-0.39, 0.29) is 30.5 Å². The van der Waals surface area contributed by atoms with Crippen LogP contribution < -0.4 is 5.32 Å². The molecule has 2 heterocycles. The van der Waals surface area contributed by atoms with Crippen molar-refractivity contribution < 1.29 is 18.0 Å². The Morgan fingerprint density at radius 1 is 1.33 bits per heavy atom. The molecule has 0 unspecified atom stereocenters. The molecule has 0 saturated heterocycles. The van der Waals surface area contributed by atoms with Crippen LogP contribution in [0, 0.1) is 5.92 Å². The molecule has 5 nitrogen and oxygen atoms in total. The average Bonchev–Trinajstić information content (AvgIpc) is 3.15. The molecule has 0 spiro atoms. The number of aryl methyl sites for hydroxylation is 1. The molecule has 0 aromatic carbocycles. The molecule has 2 aromatic rings. The predicted molar refractivity (Wildman–Crippen MR) is 83.6 cm³/mol. The maximum atomic E-state index is 12.7. The van der Waals surface area contributed by atoms with Gasteiger partial charge in [-0.3, -0.25) is 9.48 Å². The van der Waals surface area contributed by atoms with Crippen LogP contribution in [0.2, 0.25) is 0 Å². The van der Waals surface area contributed by atoms with Gasteiger partial charge in [0.05, 0.1) is 12.1 Å². The zero-order valence-corrected chi connectivity index (χ0v) is 13.8. The van der Waals surface area contributed by atoms with Crippen LogP contribution in [0.4, 0.5) is 13.2 Å². The summed E-state index contributed by atoms with van der Waals surface area (Å²) in [5.41, 5.74) is 1.11. The van der Waals surface area contributed by atoms with Crippen LogP contribution >= 0.6 is 11.3 Å². The van der Waals surface area contributed by atoms with Gasteiger partial charge >= 0.3 is 6.18 Å². The first-order valence-corrected chi connectivity index (χ1v) is 8.53. The first-order valence-electron chi connectivity index (χ1n) is 7.65. The Hall–Kier alpha value is -1.90. The first kappa shape index (κ1) is 16.9. The number of nitrogens with one attached hydrogen (secondary N) is 1. The minimum atomic E-state index is -4.14. The minimum absolute atomic E-state index is 0.0620. The molecule has 1 fully saturated rings. The molecule has 1 amide bonds. The zero-order valence-electron chi connectivity index (χ0n) is 13.0.